The summed E-state index contributed by atoms with van der Waals surface area (Å²) in [5.41, 5.74) is 1.02. The molecule has 0 radical (unpaired) electrons. The number of methoxy groups -OCH3 is 2. The molecule has 39 heavy (non-hydrogen) atoms. The Kier molecular flexibility index (Phi) is 7.12. The molecule has 2 aliphatic rings. The fourth-order valence-corrected chi connectivity index (χ4v) is 5.10. The number of aromatic carboxylic acids is 1. The van der Waals surface area contributed by atoms with Crippen molar-refractivity contribution in [2.24, 2.45) is 5.92 Å². The van der Waals surface area contributed by atoms with Crippen molar-refractivity contribution >= 4 is 29.2 Å². The normalized spacial score (nSPS) is 20.2. The molecule has 2 saturated heterocycles. The van der Waals surface area contributed by atoms with E-state index in [4.69, 9.17) is 19.0 Å². The van der Waals surface area contributed by atoms with Crippen LogP contribution in [0, 0.1) is 5.92 Å². The van der Waals surface area contributed by atoms with Gasteiger partial charge in [0.25, 0.3) is 5.91 Å². The molecular formula is C29H28N2O8. The van der Waals surface area contributed by atoms with Crippen LogP contribution in [0.4, 0.5) is 11.4 Å². The van der Waals surface area contributed by atoms with Crippen LogP contribution >= 0.6 is 0 Å². The third-order valence-electron chi connectivity index (χ3n) is 6.80. The van der Waals surface area contributed by atoms with Gasteiger partial charge in [-0.3, -0.25) is 14.4 Å². The van der Waals surface area contributed by atoms with Crippen molar-refractivity contribution in [1.29, 1.82) is 0 Å². The summed E-state index contributed by atoms with van der Waals surface area (Å²) in [6.07, 6.45) is -0.312. The predicted octanol–water partition coefficient (Wildman–Crippen LogP) is 4.24. The molecule has 1 N–H and O–H groups in total. The Morgan fingerprint density at radius 2 is 1.64 bits per heavy atom. The summed E-state index contributed by atoms with van der Waals surface area (Å²) in [6, 6.07) is 17.8. The van der Waals surface area contributed by atoms with E-state index in [1.54, 1.807) is 60.7 Å². The molecule has 0 aromatic heterocycles. The van der Waals surface area contributed by atoms with E-state index < -0.39 is 35.8 Å². The van der Waals surface area contributed by atoms with Gasteiger partial charge in [0.05, 0.1) is 38.2 Å². The topological polar surface area (TPSA) is 115 Å². The number of carboxylic acids is 1. The van der Waals surface area contributed by atoms with Crippen LogP contribution in [0.1, 0.15) is 35.3 Å². The maximum Gasteiger partial charge on any atom is 0.339 e. The van der Waals surface area contributed by atoms with Crippen LogP contribution in [0.15, 0.2) is 66.7 Å². The second kappa shape index (κ2) is 10.7. The van der Waals surface area contributed by atoms with Crippen molar-refractivity contribution in [3.05, 3.63) is 77.9 Å². The zero-order valence-corrected chi connectivity index (χ0v) is 21.7. The van der Waals surface area contributed by atoms with Gasteiger partial charge in [-0.25, -0.2) is 14.8 Å². The highest BCUT2D eigenvalue weighted by molar-refractivity contribution is 6.24. The summed E-state index contributed by atoms with van der Waals surface area (Å²) < 4.78 is 16.4. The number of imide groups is 1. The Hall–Kier alpha value is -4.57. The molecule has 0 saturated carbocycles. The molecule has 3 aromatic rings. The number of carbonyl (C=O) groups excluding carboxylic acids is 2. The van der Waals surface area contributed by atoms with Crippen molar-refractivity contribution in [1.82, 2.24) is 0 Å². The lowest BCUT2D eigenvalue weighted by atomic mass is 9.87. The number of hydrogen-bond donors (Lipinski definition) is 1. The number of nitrogens with zero attached hydrogens (tertiary/aromatic N) is 2. The molecule has 3 atom stereocenters. The van der Waals surface area contributed by atoms with Crippen LogP contribution in [-0.2, 0) is 14.4 Å². The highest BCUT2D eigenvalue weighted by Crippen LogP contribution is 2.50. The smallest absolute Gasteiger partial charge is 0.339 e. The number of hydroxylamine groups is 1. The lowest BCUT2D eigenvalue weighted by molar-refractivity contribution is -0.126. The van der Waals surface area contributed by atoms with Crippen molar-refractivity contribution < 1.29 is 38.5 Å². The maximum absolute atomic E-state index is 13.9. The third kappa shape index (κ3) is 4.42. The summed E-state index contributed by atoms with van der Waals surface area (Å²) >= 11 is 0. The molecular weight excluding hydrogens is 504 g/mol. The molecule has 5 rings (SSSR count). The van der Waals surface area contributed by atoms with Gasteiger partial charge in [-0.1, -0.05) is 31.2 Å². The van der Waals surface area contributed by atoms with Crippen molar-refractivity contribution in [2.45, 2.75) is 25.5 Å². The SMILES string of the molecule is CCCOc1ccc(N2C(=O)[C@H]3[C@H](ON(c4ccccc4)[C@H]3c3ccc(OC)c(OC)c3C(=O)O)C2=O)cc1. The molecule has 2 heterocycles. The van der Waals surface area contributed by atoms with Gasteiger partial charge < -0.3 is 19.3 Å². The minimum atomic E-state index is -1.27. The maximum atomic E-state index is 13.9. The van der Waals surface area contributed by atoms with Gasteiger partial charge in [-0.15, -0.1) is 0 Å². The number of benzene rings is 3. The predicted molar refractivity (Wildman–Crippen MR) is 141 cm³/mol. The van der Waals surface area contributed by atoms with E-state index in [0.29, 0.717) is 23.7 Å². The van der Waals surface area contributed by atoms with Gasteiger partial charge in [-0.2, -0.15) is 0 Å². The zero-order valence-electron chi connectivity index (χ0n) is 21.7. The third-order valence-corrected chi connectivity index (χ3v) is 6.80. The monoisotopic (exact) mass is 532 g/mol. The molecule has 202 valence electrons. The first-order valence-electron chi connectivity index (χ1n) is 12.5. The summed E-state index contributed by atoms with van der Waals surface area (Å²) in [7, 11) is 2.75. The molecule has 0 bridgehead atoms. The summed E-state index contributed by atoms with van der Waals surface area (Å²) in [4.78, 5) is 47.3. The van der Waals surface area contributed by atoms with Gasteiger partial charge in [-0.05, 0) is 54.4 Å². The Bertz CT molecular complexity index is 1390. The number of rotatable bonds is 9. The molecule has 10 heteroatoms. The highest BCUT2D eigenvalue weighted by atomic mass is 16.7. The van der Waals surface area contributed by atoms with Gasteiger partial charge in [0.2, 0.25) is 5.91 Å². The van der Waals surface area contributed by atoms with Crippen molar-refractivity contribution in [3.8, 4) is 17.2 Å². The number of amides is 2. The molecule has 2 amide bonds. The van der Waals surface area contributed by atoms with Crippen LogP contribution in [0.2, 0.25) is 0 Å². The molecule has 0 aliphatic carbocycles. The van der Waals surface area contributed by atoms with Crippen LogP contribution in [0.5, 0.6) is 17.2 Å². The Labute approximate surface area is 225 Å². The Morgan fingerprint density at radius 3 is 2.26 bits per heavy atom. The quantitative estimate of drug-likeness (QED) is 0.404. The number of anilines is 2. The molecule has 0 spiro atoms. The number of carbonyl (C=O) groups is 3. The van der Waals surface area contributed by atoms with Gasteiger partial charge >= 0.3 is 5.97 Å². The first kappa shape index (κ1) is 26.1. The zero-order chi connectivity index (χ0) is 27.7. The average molecular weight is 533 g/mol. The number of para-hydroxylation sites is 1. The van der Waals surface area contributed by atoms with Crippen LogP contribution in [0.3, 0.4) is 0 Å². The van der Waals surface area contributed by atoms with E-state index in [-0.39, 0.29) is 22.6 Å². The standard InChI is InChI=1S/C29H28N2O8/c1-4-16-38-19-12-10-17(11-13-19)30-27(32)23-24(20-14-15-21(36-2)25(37-3)22(20)29(34)35)31(39-26(23)28(30)33)18-8-6-5-7-9-18/h5-15,23-24,26H,4,16H2,1-3H3,(H,34,35)/t23-,24+,26+/m1/s1. The fraction of sp³-hybridized carbons (Fsp3) is 0.276. The minimum absolute atomic E-state index is 0.00950. The van der Waals surface area contributed by atoms with E-state index in [1.807, 2.05) is 13.0 Å². The van der Waals surface area contributed by atoms with Crippen molar-refractivity contribution in [2.75, 3.05) is 30.8 Å². The highest BCUT2D eigenvalue weighted by Gasteiger charge is 2.61. The summed E-state index contributed by atoms with van der Waals surface area (Å²) in [5.74, 6) is -2.47. The fourth-order valence-electron chi connectivity index (χ4n) is 5.10. The molecule has 2 aliphatic heterocycles. The molecule has 2 fully saturated rings. The first-order valence-corrected chi connectivity index (χ1v) is 12.5. The summed E-state index contributed by atoms with van der Waals surface area (Å²) in [5, 5.41) is 11.7. The van der Waals surface area contributed by atoms with Crippen LogP contribution < -0.4 is 24.2 Å². The van der Waals surface area contributed by atoms with Gasteiger partial charge in [0.1, 0.15) is 17.2 Å². The lowest BCUT2D eigenvalue weighted by Gasteiger charge is -2.30. The largest absolute Gasteiger partial charge is 0.494 e. The van der Waals surface area contributed by atoms with E-state index in [0.717, 1.165) is 11.3 Å². The lowest BCUT2D eigenvalue weighted by Crippen LogP contribution is -2.37. The number of hydrogen-bond acceptors (Lipinski definition) is 8. The second-order valence-corrected chi connectivity index (χ2v) is 9.08. The molecule has 0 unspecified atom stereocenters. The van der Waals surface area contributed by atoms with E-state index in [1.165, 1.54) is 19.3 Å². The molecule has 3 aromatic carbocycles. The number of carboxylic acid groups (broad SMARTS) is 1. The van der Waals surface area contributed by atoms with Gasteiger partial charge in [0, 0.05) is 0 Å². The Morgan fingerprint density at radius 1 is 0.923 bits per heavy atom. The average Bonchev–Trinajstić information content (AvgIpc) is 3.47. The minimum Gasteiger partial charge on any atom is -0.494 e. The first-order chi connectivity index (χ1) is 18.9. The van der Waals surface area contributed by atoms with Gasteiger partial charge in [0.15, 0.2) is 17.6 Å². The van der Waals surface area contributed by atoms with Crippen molar-refractivity contribution in [3.63, 3.8) is 0 Å². The second-order valence-electron chi connectivity index (χ2n) is 9.08. The molecule has 10 nitrogen and oxygen atoms in total. The van der Waals surface area contributed by atoms with E-state index >= 15 is 0 Å². The van der Waals surface area contributed by atoms with Crippen LogP contribution in [-0.4, -0.2) is 49.8 Å². The summed E-state index contributed by atoms with van der Waals surface area (Å²) in [6.45, 7) is 2.55. The van der Waals surface area contributed by atoms with E-state index in [2.05, 4.69) is 0 Å². The number of ether oxygens (including phenoxy) is 3. The number of fused-ring (bicyclic) bond motifs is 1. The Balaban J connectivity index is 1.61. The van der Waals surface area contributed by atoms with Crippen LogP contribution in [0.25, 0.3) is 0 Å². The van der Waals surface area contributed by atoms with E-state index in [9.17, 15) is 19.5 Å².